The van der Waals surface area contributed by atoms with E-state index in [1.807, 2.05) is 26.1 Å². The Kier molecular flexibility index (Phi) is 5.94. The summed E-state index contributed by atoms with van der Waals surface area (Å²) in [6.07, 6.45) is 1.00. The van der Waals surface area contributed by atoms with Gasteiger partial charge in [-0.3, -0.25) is 9.69 Å². The minimum atomic E-state index is -0.192. The molecule has 0 spiro atoms. The summed E-state index contributed by atoms with van der Waals surface area (Å²) in [5.41, 5.74) is 4.58. The largest absolute Gasteiger partial charge is 0.325 e. The van der Waals surface area contributed by atoms with Crippen LogP contribution in [0.4, 0.5) is 5.69 Å². The van der Waals surface area contributed by atoms with Gasteiger partial charge in [0.05, 0.1) is 6.04 Å². The molecule has 3 heteroatoms. The van der Waals surface area contributed by atoms with Gasteiger partial charge in [0.1, 0.15) is 0 Å². The summed E-state index contributed by atoms with van der Waals surface area (Å²) in [7, 11) is 1.98. The molecule has 0 heterocycles. The third-order valence-electron chi connectivity index (χ3n) is 4.22. The first-order valence-electron chi connectivity index (χ1n) is 8.15. The molecule has 2 aromatic rings. The van der Waals surface area contributed by atoms with Crippen molar-refractivity contribution in [3.63, 3.8) is 0 Å². The first-order valence-corrected chi connectivity index (χ1v) is 8.15. The van der Waals surface area contributed by atoms with Crippen LogP contribution in [0.25, 0.3) is 0 Å². The fourth-order valence-corrected chi connectivity index (χ4v) is 2.39. The molecule has 0 fully saturated rings. The second-order valence-electron chi connectivity index (χ2n) is 6.12. The molecule has 23 heavy (non-hydrogen) atoms. The number of benzene rings is 2. The van der Waals surface area contributed by atoms with Crippen LogP contribution in [0.2, 0.25) is 0 Å². The SMILES string of the molecule is CCc1ccc(NC(=O)[C@H](C)N(C)Cc2ccc(C)cc2)cc1. The first-order chi connectivity index (χ1) is 11.0. The van der Waals surface area contributed by atoms with Crippen LogP contribution >= 0.6 is 0 Å². The van der Waals surface area contributed by atoms with Crippen LogP contribution in [0.3, 0.4) is 0 Å². The van der Waals surface area contributed by atoms with Crippen LogP contribution in [-0.2, 0) is 17.8 Å². The van der Waals surface area contributed by atoms with E-state index >= 15 is 0 Å². The number of hydrogen-bond donors (Lipinski definition) is 1. The normalized spacial score (nSPS) is 12.2. The van der Waals surface area contributed by atoms with E-state index in [-0.39, 0.29) is 11.9 Å². The van der Waals surface area contributed by atoms with E-state index in [0.29, 0.717) is 0 Å². The monoisotopic (exact) mass is 310 g/mol. The number of nitrogens with zero attached hydrogens (tertiary/aromatic N) is 1. The summed E-state index contributed by atoms with van der Waals surface area (Å²) in [5.74, 6) is 0.0175. The van der Waals surface area contributed by atoms with E-state index < -0.39 is 0 Å². The molecule has 1 amide bonds. The topological polar surface area (TPSA) is 32.3 Å². The third kappa shape index (κ3) is 4.93. The van der Waals surface area contributed by atoms with Crippen molar-refractivity contribution < 1.29 is 4.79 Å². The number of carbonyl (C=O) groups excluding carboxylic acids is 1. The van der Waals surface area contributed by atoms with Gasteiger partial charge in [0.15, 0.2) is 0 Å². The summed E-state index contributed by atoms with van der Waals surface area (Å²) < 4.78 is 0. The lowest BCUT2D eigenvalue weighted by Gasteiger charge is -2.24. The van der Waals surface area contributed by atoms with Gasteiger partial charge in [-0.15, -0.1) is 0 Å². The standard InChI is InChI=1S/C20H26N2O/c1-5-17-10-12-19(13-11-17)21-20(23)16(3)22(4)14-18-8-6-15(2)7-9-18/h6-13,16H,5,14H2,1-4H3,(H,21,23)/t16-/m0/s1. The van der Waals surface area contributed by atoms with Crippen LogP contribution in [0.5, 0.6) is 0 Å². The maximum Gasteiger partial charge on any atom is 0.241 e. The van der Waals surface area contributed by atoms with Gasteiger partial charge in [0.25, 0.3) is 0 Å². The van der Waals surface area contributed by atoms with E-state index in [4.69, 9.17) is 0 Å². The molecule has 2 aromatic carbocycles. The lowest BCUT2D eigenvalue weighted by atomic mass is 10.1. The lowest BCUT2D eigenvalue weighted by molar-refractivity contribution is -0.120. The molecular formula is C20H26N2O. The molecule has 122 valence electrons. The van der Waals surface area contributed by atoms with E-state index in [1.54, 1.807) is 0 Å². The Hall–Kier alpha value is -2.13. The highest BCUT2D eigenvalue weighted by molar-refractivity contribution is 5.94. The molecule has 0 unspecified atom stereocenters. The molecule has 2 rings (SSSR count). The minimum absolute atomic E-state index is 0.0175. The Balaban J connectivity index is 1.93. The van der Waals surface area contributed by atoms with E-state index in [9.17, 15) is 4.79 Å². The zero-order valence-corrected chi connectivity index (χ0v) is 14.5. The quantitative estimate of drug-likeness (QED) is 0.874. The predicted octanol–water partition coefficient (Wildman–Crippen LogP) is 4.02. The van der Waals surface area contributed by atoms with Crippen molar-refractivity contribution in [3.8, 4) is 0 Å². The number of likely N-dealkylation sites (N-methyl/N-ethyl adjacent to an activating group) is 1. The highest BCUT2D eigenvalue weighted by Gasteiger charge is 2.18. The van der Waals surface area contributed by atoms with Crippen molar-refractivity contribution in [2.75, 3.05) is 12.4 Å². The van der Waals surface area contributed by atoms with Crippen LogP contribution in [-0.4, -0.2) is 23.9 Å². The van der Waals surface area contributed by atoms with Gasteiger partial charge in [-0.05, 0) is 50.6 Å². The van der Waals surface area contributed by atoms with Crippen LogP contribution in [0, 0.1) is 6.92 Å². The molecule has 0 radical (unpaired) electrons. The molecule has 1 N–H and O–H groups in total. The Morgan fingerprint density at radius 2 is 1.61 bits per heavy atom. The summed E-state index contributed by atoms with van der Waals surface area (Å²) in [6.45, 7) is 6.89. The number of hydrogen-bond acceptors (Lipinski definition) is 2. The average Bonchev–Trinajstić information content (AvgIpc) is 2.56. The third-order valence-corrected chi connectivity index (χ3v) is 4.22. The van der Waals surface area contributed by atoms with Crippen molar-refractivity contribution in [1.82, 2.24) is 4.90 Å². The number of rotatable bonds is 6. The number of anilines is 1. The molecule has 0 saturated carbocycles. The summed E-state index contributed by atoms with van der Waals surface area (Å²) >= 11 is 0. The Bertz CT molecular complexity index is 632. The molecule has 0 aliphatic heterocycles. The van der Waals surface area contributed by atoms with Gasteiger partial charge in [0.2, 0.25) is 5.91 Å². The van der Waals surface area contributed by atoms with E-state index in [1.165, 1.54) is 16.7 Å². The fourth-order valence-electron chi connectivity index (χ4n) is 2.39. The van der Waals surface area contributed by atoms with Crippen LogP contribution in [0.15, 0.2) is 48.5 Å². The van der Waals surface area contributed by atoms with Gasteiger partial charge >= 0.3 is 0 Å². The van der Waals surface area contributed by atoms with Crippen LogP contribution < -0.4 is 5.32 Å². The average molecular weight is 310 g/mol. The van der Waals surface area contributed by atoms with E-state index in [0.717, 1.165) is 18.7 Å². The predicted molar refractivity (Wildman–Crippen MR) is 96.6 cm³/mol. The number of nitrogens with one attached hydrogen (secondary N) is 1. The highest BCUT2D eigenvalue weighted by atomic mass is 16.2. The van der Waals surface area contributed by atoms with Gasteiger partial charge in [-0.1, -0.05) is 48.9 Å². The van der Waals surface area contributed by atoms with Crippen molar-refractivity contribution in [2.24, 2.45) is 0 Å². The maximum absolute atomic E-state index is 12.4. The Morgan fingerprint density at radius 3 is 2.17 bits per heavy atom. The fraction of sp³-hybridized carbons (Fsp3) is 0.350. The highest BCUT2D eigenvalue weighted by Crippen LogP contribution is 2.13. The van der Waals surface area contributed by atoms with Crippen molar-refractivity contribution in [2.45, 2.75) is 39.8 Å². The molecule has 1 atom stereocenters. The molecular weight excluding hydrogens is 284 g/mol. The van der Waals surface area contributed by atoms with Crippen LogP contribution in [0.1, 0.15) is 30.5 Å². The summed E-state index contributed by atoms with van der Waals surface area (Å²) in [6, 6.07) is 16.3. The van der Waals surface area contributed by atoms with Gasteiger partial charge in [0, 0.05) is 12.2 Å². The van der Waals surface area contributed by atoms with Gasteiger partial charge in [-0.25, -0.2) is 0 Å². The molecule has 0 saturated heterocycles. The molecule has 3 nitrogen and oxygen atoms in total. The van der Waals surface area contributed by atoms with Gasteiger partial charge in [-0.2, -0.15) is 0 Å². The van der Waals surface area contributed by atoms with Gasteiger partial charge < -0.3 is 5.32 Å². The second-order valence-corrected chi connectivity index (χ2v) is 6.12. The first kappa shape index (κ1) is 17.2. The Morgan fingerprint density at radius 1 is 1.04 bits per heavy atom. The van der Waals surface area contributed by atoms with Crippen molar-refractivity contribution in [1.29, 1.82) is 0 Å². The summed E-state index contributed by atoms with van der Waals surface area (Å²) in [4.78, 5) is 14.5. The summed E-state index contributed by atoms with van der Waals surface area (Å²) in [5, 5.41) is 2.99. The lowest BCUT2D eigenvalue weighted by Crippen LogP contribution is -2.39. The Labute approximate surface area is 139 Å². The zero-order chi connectivity index (χ0) is 16.8. The smallest absolute Gasteiger partial charge is 0.241 e. The number of amides is 1. The van der Waals surface area contributed by atoms with E-state index in [2.05, 4.69) is 60.5 Å². The molecule has 0 bridgehead atoms. The molecule has 0 aliphatic rings. The second kappa shape index (κ2) is 7.93. The minimum Gasteiger partial charge on any atom is -0.325 e. The van der Waals surface area contributed by atoms with Crippen molar-refractivity contribution in [3.05, 3.63) is 65.2 Å². The molecule has 0 aromatic heterocycles. The maximum atomic E-state index is 12.4. The number of carbonyl (C=O) groups is 1. The molecule has 0 aliphatic carbocycles. The number of aryl methyl sites for hydroxylation is 2. The zero-order valence-electron chi connectivity index (χ0n) is 14.5. The van der Waals surface area contributed by atoms with Crippen molar-refractivity contribution >= 4 is 11.6 Å².